The molecule has 0 spiro atoms. The number of alkyl halides is 3. The molecule has 0 aliphatic heterocycles. The summed E-state index contributed by atoms with van der Waals surface area (Å²) in [6.45, 7) is 6.25. The minimum atomic E-state index is -4.89. The van der Waals surface area contributed by atoms with E-state index >= 15 is 0 Å². The van der Waals surface area contributed by atoms with Crippen LogP contribution in [0.1, 0.15) is 58.9 Å². The summed E-state index contributed by atoms with van der Waals surface area (Å²) in [5.74, 6) is -0.398. The number of urea groups is 1. The van der Waals surface area contributed by atoms with Crippen LogP contribution < -0.4 is 16.1 Å². The van der Waals surface area contributed by atoms with Crippen LogP contribution in [-0.4, -0.2) is 48.2 Å². The average Bonchev–Trinajstić information content (AvgIpc) is 2.80. The lowest BCUT2D eigenvalue weighted by Crippen LogP contribution is -2.48. The van der Waals surface area contributed by atoms with Crippen molar-refractivity contribution in [2.45, 2.75) is 77.8 Å². The summed E-state index contributed by atoms with van der Waals surface area (Å²) < 4.78 is 50.6. The summed E-state index contributed by atoms with van der Waals surface area (Å²) in [7, 11) is 0. The van der Waals surface area contributed by atoms with E-state index in [0.717, 1.165) is 12.5 Å². The number of ether oxygens (including phenoxy) is 2. The van der Waals surface area contributed by atoms with Crippen molar-refractivity contribution in [3.63, 3.8) is 0 Å². The van der Waals surface area contributed by atoms with E-state index in [1.165, 1.54) is 0 Å². The van der Waals surface area contributed by atoms with E-state index in [2.05, 4.69) is 15.7 Å². The molecule has 1 aliphatic rings. The molecular weight excluding hydrogens is 493 g/mol. The minimum Gasteiger partial charge on any atom is -0.461 e. The maximum atomic E-state index is 13.4. The number of amides is 3. The van der Waals surface area contributed by atoms with Gasteiger partial charge in [0.25, 0.3) is 0 Å². The molecule has 2 rings (SSSR count). The van der Waals surface area contributed by atoms with Gasteiger partial charge in [-0.25, -0.2) is 15.0 Å². The van der Waals surface area contributed by atoms with Crippen molar-refractivity contribution in [1.82, 2.24) is 16.1 Å². The van der Waals surface area contributed by atoms with Crippen LogP contribution in [0, 0.1) is 11.8 Å². The van der Waals surface area contributed by atoms with Gasteiger partial charge in [0.2, 0.25) is 0 Å². The van der Waals surface area contributed by atoms with Gasteiger partial charge in [-0.1, -0.05) is 30.3 Å². The third-order valence-electron chi connectivity index (χ3n) is 5.67. The second-order valence-electron chi connectivity index (χ2n) is 10.00. The zero-order chi connectivity index (χ0) is 27.6. The van der Waals surface area contributed by atoms with Gasteiger partial charge < -0.3 is 20.1 Å². The summed E-state index contributed by atoms with van der Waals surface area (Å²) in [4.78, 5) is 36.2. The fraction of sp³-hybridized carbons (Fsp3) is 0.600. The van der Waals surface area contributed by atoms with Crippen molar-refractivity contribution in [3.05, 3.63) is 35.9 Å². The zero-order valence-electron chi connectivity index (χ0n) is 21.5. The molecule has 0 heterocycles. The summed E-state index contributed by atoms with van der Waals surface area (Å²) in [6.07, 6.45) is -3.40. The lowest BCUT2D eigenvalue weighted by Gasteiger charge is -2.27. The number of nitrogens with zero attached hydrogens (tertiary/aromatic N) is 1. The zero-order valence-corrected chi connectivity index (χ0v) is 21.5. The van der Waals surface area contributed by atoms with E-state index in [9.17, 15) is 27.6 Å². The summed E-state index contributed by atoms with van der Waals surface area (Å²) >= 11 is 0. The summed E-state index contributed by atoms with van der Waals surface area (Å²) in [6, 6.07) is 6.90. The Morgan fingerprint density at radius 2 is 1.68 bits per heavy atom. The van der Waals surface area contributed by atoms with Gasteiger partial charge in [0.05, 0.1) is 12.0 Å². The van der Waals surface area contributed by atoms with E-state index < -0.39 is 35.7 Å². The van der Waals surface area contributed by atoms with Gasteiger partial charge in [-0.15, -0.1) is 0 Å². The molecule has 1 unspecified atom stereocenters. The first-order valence-electron chi connectivity index (χ1n) is 12.1. The second kappa shape index (κ2) is 13.3. The highest BCUT2D eigenvalue weighted by atomic mass is 19.4. The van der Waals surface area contributed by atoms with Crippen molar-refractivity contribution >= 4 is 23.8 Å². The van der Waals surface area contributed by atoms with Crippen LogP contribution in [0.15, 0.2) is 35.4 Å². The van der Waals surface area contributed by atoms with Crippen molar-refractivity contribution in [1.29, 1.82) is 0 Å². The van der Waals surface area contributed by atoms with Crippen molar-refractivity contribution in [3.8, 4) is 0 Å². The van der Waals surface area contributed by atoms with Crippen molar-refractivity contribution in [2.75, 3.05) is 6.54 Å². The van der Waals surface area contributed by atoms with Gasteiger partial charge in [-0.3, -0.25) is 4.79 Å². The molecule has 37 heavy (non-hydrogen) atoms. The van der Waals surface area contributed by atoms with Gasteiger partial charge >= 0.3 is 24.3 Å². The van der Waals surface area contributed by atoms with Gasteiger partial charge in [0, 0.05) is 6.54 Å². The van der Waals surface area contributed by atoms with Crippen LogP contribution in [0.25, 0.3) is 0 Å². The molecule has 1 aliphatic carbocycles. The fourth-order valence-corrected chi connectivity index (χ4v) is 3.79. The maximum Gasteiger partial charge on any atom is 0.433 e. The molecule has 3 amide bonds. The lowest BCUT2D eigenvalue weighted by atomic mass is 9.82. The topological polar surface area (TPSA) is 118 Å². The van der Waals surface area contributed by atoms with Crippen LogP contribution in [0.5, 0.6) is 0 Å². The first-order chi connectivity index (χ1) is 17.2. The van der Waals surface area contributed by atoms with E-state index in [-0.39, 0.29) is 31.0 Å². The molecule has 206 valence electrons. The third kappa shape index (κ3) is 11.1. The highest BCUT2D eigenvalue weighted by Gasteiger charge is 2.40. The molecule has 1 atom stereocenters. The number of alkyl carbamates (subject to hydrolysis) is 1. The smallest absolute Gasteiger partial charge is 0.433 e. The minimum absolute atomic E-state index is 0.0720. The first-order valence-corrected chi connectivity index (χ1v) is 12.1. The molecule has 1 aromatic carbocycles. The largest absolute Gasteiger partial charge is 0.461 e. The molecule has 0 saturated heterocycles. The van der Waals surface area contributed by atoms with Gasteiger partial charge in [-0.05, 0) is 64.9 Å². The number of hydrogen-bond donors (Lipinski definition) is 3. The van der Waals surface area contributed by atoms with E-state index in [1.807, 2.05) is 35.8 Å². The lowest BCUT2D eigenvalue weighted by molar-refractivity contribution is -0.151. The number of benzene rings is 1. The predicted molar refractivity (Wildman–Crippen MR) is 131 cm³/mol. The number of rotatable bonds is 8. The van der Waals surface area contributed by atoms with Crippen molar-refractivity contribution in [2.24, 2.45) is 16.9 Å². The van der Waals surface area contributed by atoms with Crippen molar-refractivity contribution < 1.29 is 37.0 Å². The standard InChI is InChI=1S/C25H35F3N4O5/c1-16(30-23(35)37-24(2,3)4)20(25(26,27)28)31-32-22(34)29-14-17-10-12-19(13-11-17)21(33)36-15-18-8-6-5-7-9-18/h5-9,16-17,19H,10-15H2,1-4H3,(H,30,35)(H2,29,32,34)/b31-20+. The SMILES string of the molecule is CC(NC(=O)OC(C)(C)C)/C(=N\NC(=O)NCC1CCC(C(=O)OCc2ccccc2)CC1)C(F)(F)F. The Bertz CT molecular complexity index is 940. The van der Waals surface area contributed by atoms with E-state index in [0.29, 0.717) is 25.7 Å². The summed E-state index contributed by atoms with van der Waals surface area (Å²) in [5.41, 5.74) is 0.475. The number of carbonyl (C=O) groups is 3. The quantitative estimate of drug-likeness (QED) is 0.258. The van der Waals surface area contributed by atoms with Crippen LogP contribution in [0.3, 0.4) is 0 Å². The fourth-order valence-electron chi connectivity index (χ4n) is 3.79. The molecule has 9 nitrogen and oxygen atoms in total. The normalized spacial score (nSPS) is 19.4. The molecule has 1 saturated carbocycles. The number of esters is 1. The maximum absolute atomic E-state index is 13.4. The number of hydrogen-bond acceptors (Lipinski definition) is 6. The molecule has 0 radical (unpaired) electrons. The Balaban J connectivity index is 1.77. The van der Waals surface area contributed by atoms with Crippen LogP contribution >= 0.6 is 0 Å². The molecule has 12 heteroatoms. The third-order valence-corrected chi connectivity index (χ3v) is 5.67. The Morgan fingerprint density at radius 3 is 2.24 bits per heavy atom. The average molecular weight is 529 g/mol. The Morgan fingerprint density at radius 1 is 1.05 bits per heavy atom. The second-order valence-corrected chi connectivity index (χ2v) is 10.00. The molecule has 3 N–H and O–H groups in total. The number of carbonyl (C=O) groups excluding carboxylic acids is 3. The van der Waals surface area contributed by atoms with E-state index in [4.69, 9.17) is 9.47 Å². The highest BCUT2D eigenvalue weighted by Crippen LogP contribution is 2.29. The Hall–Kier alpha value is -3.31. The Labute approximate surface area is 214 Å². The molecule has 0 aromatic heterocycles. The number of hydrazone groups is 1. The highest BCUT2D eigenvalue weighted by molar-refractivity contribution is 5.96. The van der Waals surface area contributed by atoms with Gasteiger partial charge in [0.1, 0.15) is 12.2 Å². The Kier molecular flexibility index (Phi) is 10.8. The number of halogens is 3. The molecule has 1 aromatic rings. The van der Waals surface area contributed by atoms with Gasteiger partial charge in [0.15, 0.2) is 5.71 Å². The summed E-state index contributed by atoms with van der Waals surface area (Å²) in [5, 5.41) is 7.76. The molecular formula is C25H35F3N4O5. The van der Waals surface area contributed by atoms with E-state index in [1.54, 1.807) is 20.8 Å². The van der Waals surface area contributed by atoms with Gasteiger partial charge in [-0.2, -0.15) is 18.3 Å². The van der Waals surface area contributed by atoms with Crippen LogP contribution in [-0.2, 0) is 20.9 Å². The first kappa shape index (κ1) is 29.9. The number of nitrogens with one attached hydrogen (secondary N) is 3. The van der Waals surface area contributed by atoms with Crippen LogP contribution in [0.2, 0.25) is 0 Å². The monoisotopic (exact) mass is 528 g/mol. The molecule has 0 bridgehead atoms. The van der Waals surface area contributed by atoms with Crippen LogP contribution in [0.4, 0.5) is 22.8 Å². The molecule has 1 fully saturated rings. The predicted octanol–water partition coefficient (Wildman–Crippen LogP) is 4.67.